The number of piperidine rings is 1. The molecule has 2 rings (SSSR count). The van der Waals surface area contributed by atoms with Crippen molar-refractivity contribution in [2.45, 2.75) is 18.9 Å². The molecule has 1 unspecified atom stereocenters. The highest BCUT2D eigenvalue weighted by atomic mass is 16.6. The number of aliphatic hydroxyl groups is 1. The summed E-state index contributed by atoms with van der Waals surface area (Å²) in [6, 6.07) is 4.29. The minimum absolute atomic E-state index is 0.0286. The van der Waals surface area contributed by atoms with Gasteiger partial charge in [0.2, 0.25) is 0 Å². The Labute approximate surface area is 109 Å². The molecule has 1 aliphatic heterocycles. The van der Waals surface area contributed by atoms with E-state index >= 15 is 0 Å². The third-order valence-corrected chi connectivity index (χ3v) is 3.16. The van der Waals surface area contributed by atoms with E-state index in [1.165, 1.54) is 23.1 Å². The second kappa shape index (κ2) is 5.23. The Morgan fingerprint density at radius 3 is 2.89 bits per heavy atom. The molecule has 0 saturated carbocycles. The van der Waals surface area contributed by atoms with Gasteiger partial charge in [-0.15, -0.1) is 0 Å². The molecular weight excluding hydrogens is 250 g/mol. The van der Waals surface area contributed by atoms with Crippen molar-refractivity contribution in [2.75, 3.05) is 18.8 Å². The lowest BCUT2D eigenvalue weighted by Gasteiger charge is -2.30. The van der Waals surface area contributed by atoms with E-state index in [-0.39, 0.29) is 23.5 Å². The van der Waals surface area contributed by atoms with Crippen LogP contribution >= 0.6 is 0 Å². The number of rotatable bonds is 2. The van der Waals surface area contributed by atoms with Gasteiger partial charge in [0.1, 0.15) is 11.3 Å². The smallest absolute Gasteiger partial charge is 0.304 e. The van der Waals surface area contributed by atoms with E-state index in [9.17, 15) is 20.0 Å². The summed E-state index contributed by atoms with van der Waals surface area (Å²) in [6.45, 7) is 0.687. The number of β-amino-alcohol motifs (C(OH)–C–C–N with tert-alkyl or cyclic N) is 1. The van der Waals surface area contributed by atoms with E-state index in [1.807, 2.05) is 0 Å². The van der Waals surface area contributed by atoms with Crippen LogP contribution in [0.3, 0.4) is 0 Å². The second-order valence-electron chi connectivity index (χ2n) is 4.55. The summed E-state index contributed by atoms with van der Waals surface area (Å²) in [5, 5.41) is 20.6. The number of benzene rings is 1. The summed E-state index contributed by atoms with van der Waals surface area (Å²) in [7, 11) is 0. The number of nitro groups is 1. The molecule has 0 bridgehead atoms. The molecule has 1 aromatic carbocycles. The van der Waals surface area contributed by atoms with Gasteiger partial charge in [0.05, 0.1) is 11.0 Å². The summed E-state index contributed by atoms with van der Waals surface area (Å²) in [4.78, 5) is 24.1. The van der Waals surface area contributed by atoms with E-state index in [0.29, 0.717) is 19.4 Å². The molecule has 7 nitrogen and oxygen atoms in total. The Morgan fingerprint density at radius 2 is 2.26 bits per heavy atom. The molecule has 1 aliphatic rings. The zero-order chi connectivity index (χ0) is 14.0. The van der Waals surface area contributed by atoms with Gasteiger partial charge in [0, 0.05) is 13.1 Å². The number of amides is 1. The first-order valence-corrected chi connectivity index (χ1v) is 6.01. The number of nitrogen functional groups attached to an aromatic ring is 1. The quantitative estimate of drug-likeness (QED) is 0.466. The number of aliphatic hydroxyl groups excluding tert-OH is 1. The van der Waals surface area contributed by atoms with Crippen LogP contribution < -0.4 is 5.73 Å². The summed E-state index contributed by atoms with van der Waals surface area (Å²) < 4.78 is 0. The van der Waals surface area contributed by atoms with E-state index in [1.54, 1.807) is 0 Å². The van der Waals surface area contributed by atoms with Gasteiger partial charge < -0.3 is 15.7 Å². The summed E-state index contributed by atoms with van der Waals surface area (Å²) in [5.41, 5.74) is 5.12. The normalized spacial score (nSPS) is 19.2. The van der Waals surface area contributed by atoms with Gasteiger partial charge in [-0.25, -0.2) is 0 Å². The lowest BCUT2D eigenvalue weighted by molar-refractivity contribution is -0.384. The van der Waals surface area contributed by atoms with Crippen molar-refractivity contribution in [3.8, 4) is 0 Å². The molecule has 1 amide bonds. The maximum Gasteiger partial charge on any atom is 0.304 e. The number of hydrogen-bond donors (Lipinski definition) is 2. The first-order chi connectivity index (χ1) is 9.00. The minimum atomic E-state index is -0.650. The molecule has 1 fully saturated rings. The first kappa shape index (κ1) is 13.3. The molecule has 7 heteroatoms. The van der Waals surface area contributed by atoms with Gasteiger partial charge in [-0.3, -0.25) is 14.9 Å². The number of hydrogen-bond acceptors (Lipinski definition) is 5. The monoisotopic (exact) mass is 265 g/mol. The molecule has 0 aromatic heterocycles. The Bertz CT molecular complexity index is 518. The predicted molar refractivity (Wildman–Crippen MR) is 68.7 cm³/mol. The van der Waals surface area contributed by atoms with Crippen LogP contribution in [0.25, 0.3) is 0 Å². The highest BCUT2D eigenvalue weighted by Crippen LogP contribution is 2.27. The zero-order valence-corrected chi connectivity index (χ0v) is 10.3. The van der Waals surface area contributed by atoms with Crippen LogP contribution in [-0.2, 0) is 0 Å². The largest absolute Gasteiger partial charge is 0.393 e. The van der Waals surface area contributed by atoms with Crippen LogP contribution in [-0.4, -0.2) is 40.0 Å². The number of nitrogens with zero attached hydrogens (tertiary/aromatic N) is 2. The number of carbonyl (C=O) groups is 1. The van der Waals surface area contributed by atoms with Crippen molar-refractivity contribution in [1.29, 1.82) is 0 Å². The maximum absolute atomic E-state index is 12.3. The number of likely N-dealkylation sites (tertiary alicyclic amines) is 1. The van der Waals surface area contributed by atoms with Crippen LogP contribution in [0.15, 0.2) is 18.2 Å². The Morgan fingerprint density at radius 1 is 1.53 bits per heavy atom. The Kier molecular flexibility index (Phi) is 3.66. The molecule has 1 atom stereocenters. The molecular formula is C12H15N3O4. The molecule has 1 saturated heterocycles. The van der Waals surface area contributed by atoms with E-state index < -0.39 is 16.9 Å². The van der Waals surface area contributed by atoms with Gasteiger partial charge in [0.25, 0.3) is 5.91 Å². The average molecular weight is 265 g/mol. The topological polar surface area (TPSA) is 110 Å². The van der Waals surface area contributed by atoms with Crippen molar-refractivity contribution >= 4 is 17.3 Å². The van der Waals surface area contributed by atoms with E-state index in [2.05, 4.69) is 0 Å². The van der Waals surface area contributed by atoms with Gasteiger partial charge in [-0.1, -0.05) is 6.07 Å². The standard InChI is InChI=1S/C12H15N3O4/c13-10-5-1-4-9(11(10)15(18)19)12(17)14-6-2-3-8(16)7-14/h1,4-5,8,16H,2-3,6-7,13H2. The fraction of sp³-hybridized carbons (Fsp3) is 0.417. The summed E-state index contributed by atoms with van der Waals surface area (Å²) >= 11 is 0. The lowest BCUT2D eigenvalue weighted by atomic mass is 10.1. The van der Waals surface area contributed by atoms with Gasteiger partial charge in [-0.2, -0.15) is 0 Å². The van der Waals surface area contributed by atoms with Crippen LogP contribution in [0.4, 0.5) is 11.4 Å². The van der Waals surface area contributed by atoms with Crippen LogP contribution in [0.2, 0.25) is 0 Å². The van der Waals surface area contributed by atoms with Crippen LogP contribution in [0.1, 0.15) is 23.2 Å². The zero-order valence-electron chi connectivity index (χ0n) is 10.3. The van der Waals surface area contributed by atoms with Gasteiger partial charge in [0.15, 0.2) is 0 Å². The Hall–Kier alpha value is -2.15. The fourth-order valence-electron chi connectivity index (χ4n) is 2.25. The lowest BCUT2D eigenvalue weighted by Crippen LogP contribution is -2.42. The number of nitro benzene ring substituents is 1. The SMILES string of the molecule is Nc1cccc(C(=O)N2CCCC(O)C2)c1[N+](=O)[O-]. The molecule has 19 heavy (non-hydrogen) atoms. The number of nitrogens with two attached hydrogens (primary N) is 1. The highest BCUT2D eigenvalue weighted by molar-refractivity contribution is 6.00. The van der Waals surface area contributed by atoms with E-state index in [4.69, 9.17) is 5.73 Å². The van der Waals surface area contributed by atoms with Crippen molar-refractivity contribution in [2.24, 2.45) is 0 Å². The molecule has 3 N–H and O–H groups in total. The van der Waals surface area contributed by atoms with Crippen molar-refractivity contribution in [1.82, 2.24) is 4.90 Å². The van der Waals surface area contributed by atoms with Gasteiger partial charge in [-0.05, 0) is 25.0 Å². The van der Waals surface area contributed by atoms with Crippen LogP contribution in [0.5, 0.6) is 0 Å². The van der Waals surface area contributed by atoms with Crippen LogP contribution in [0, 0.1) is 10.1 Å². The third-order valence-electron chi connectivity index (χ3n) is 3.16. The molecule has 0 radical (unpaired) electrons. The first-order valence-electron chi connectivity index (χ1n) is 6.01. The number of anilines is 1. The summed E-state index contributed by atoms with van der Waals surface area (Å²) in [5.74, 6) is -0.460. The van der Waals surface area contributed by atoms with Crippen molar-refractivity contribution in [3.05, 3.63) is 33.9 Å². The fourth-order valence-corrected chi connectivity index (χ4v) is 2.25. The van der Waals surface area contributed by atoms with Gasteiger partial charge >= 0.3 is 5.69 Å². The van der Waals surface area contributed by atoms with E-state index in [0.717, 1.165) is 0 Å². The average Bonchev–Trinajstić information content (AvgIpc) is 2.37. The summed E-state index contributed by atoms with van der Waals surface area (Å²) in [6.07, 6.45) is 0.754. The molecule has 1 aromatic rings. The van der Waals surface area contributed by atoms with Crippen molar-refractivity contribution in [3.63, 3.8) is 0 Å². The second-order valence-corrected chi connectivity index (χ2v) is 4.55. The van der Waals surface area contributed by atoms with Crippen molar-refractivity contribution < 1.29 is 14.8 Å². The maximum atomic E-state index is 12.3. The third kappa shape index (κ3) is 2.65. The molecule has 1 heterocycles. The minimum Gasteiger partial charge on any atom is -0.393 e. The predicted octanol–water partition coefficient (Wildman–Crippen LogP) is 0.774. The number of carbonyl (C=O) groups excluding carboxylic acids is 1. The molecule has 0 spiro atoms. The molecule has 102 valence electrons. The highest BCUT2D eigenvalue weighted by Gasteiger charge is 2.29. The molecule has 0 aliphatic carbocycles. The number of para-hydroxylation sites is 1. The Balaban J connectivity index is 2.33.